The van der Waals surface area contributed by atoms with Crippen molar-refractivity contribution in [1.29, 1.82) is 0 Å². The predicted molar refractivity (Wildman–Crippen MR) is 116 cm³/mol. The Bertz CT molecular complexity index is 1020. The first-order valence-corrected chi connectivity index (χ1v) is 11.4. The Labute approximate surface area is 177 Å². The summed E-state index contributed by atoms with van der Waals surface area (Å²) in [7, 11) is -1.81. The summed E-state index contributed by atoms with van der Waals surface area (Å²) in [5.74, 6) is -0.361. The molecule has 1 amide bonds. The zero-order valence-electron chi connectivity index (χ0n) is 16.9. The van der Waals surface area contributed by atoms with Gasteiger partial charge in [0.1, 0.15) is 4.90 Å². The molecule has 0 aliphatic carbocycles. The van der Waals surface area contributed by atoms with Crippen molar-refractivity contribution in [2.75, 3.05) is 38.5 Å². The fraction of sp³-hybridized carbons (Fsp3) is 0.381. The number of carbonyl (C=O) groups excluding carboxylic acids is 1. The Morgan fingerprint density at radius 2 is 1.83 bits per heavy atom. The summed E-state index contributed by atoms with van der Waals surface area (Å²) in [6.45, 7) is 6.06. The van der Waals surface area contributed by atoms with Gasteiger partial charge in [-0.1, -0.05) is 36.7 Å². The maximum atomic E-state index is 13.1. The number of anilines is 1. The molecule has 156 valence electrons. The summed E-state index contributed by atoms with van der Waals surface area (Å²) in [6.07, 6.45) is 0.779. The van der Waals surface area contributed by atoms with Crippen LogP contribution >= 0.6 is 11.6 Å². The molecule has 2 aromatic carbocycles. The molecule has 2 aromatic rings. The summed E-state index contributed by atoms with van der Waals surface area (Å²) in [4.78, 5) is 14.9. The standard InChI is InChI=1S/C21H26ClN3O3S/c1-4-16-7-5-6-15(2)20(16)23-21(26)17-8-9-18(22)19(14-17)29(27,28)25-12-10-24(3)11-13-25/h5-9,14H,4,10-13H2,1-3H3,(H,23,26). The molecule has 1 aliphatic rings. The maximum absolute atomic E-state index is 13.1. The zero-order chi connectivity index (χ0) is 21.2. The molecule has 0 bridgehead atoms. The lowest BCUT2D eigenvalue weighted by Crippen LogP contribution is -2.47. The molecular weight excluding hydrogens is 410 g/mol. The molecule has 1 aliphatic heterocycles. The first kappa shape index (κ1) is 21.8. The lowest BCUT2D eigenvalue weighted by Gasteiger charge is -2.31. The number of para-hydroxylation sites is 1. The number of aryl methyl sites for hydroxylation is 2. The SMILES string of the molecule is CCc1cccc(C)c1NC(=O)c1ccc(Cl)c(S(=O)(=O)N2CCN(C)CC2)c1. The minimum Gasteiger partial charge on any atom is -0.321 e. The lowest BCUT2D eigenvalue weighted by molar-refractivity contribution is 0.102. The summed E-state index contributed by atoms with van der Waals surface area (Å²) in [6, 6.07) is 10.2. The highest BCUT2D eigenvalue weighted by Gasteiger charge is 2.30. The van der Waals surface area contributed by atoms with E-state index in [1.54, 1.807) is 6.07 Å². The molecule has 0 saturated carbocycles. The number of rotatable bonds is 5. The van der Waals surface area contributed by atoms with Crippen molar-refractivity contribution in [2.24, 2.45) is 0 Å². The van der Waals surface area contributed by atoms with Gasteiger partial charge in [-0.15, -0.1) is 0 Å². The second kappa shape index (κ2) is 8.83. The van der Waals surface area contributed by atoms with Crippen molar-refractivity contribution >= 4 is 33.2 Å². The molecule has 1 saturated heterocycles. The van der Waals surface area contributed by atoms with Crippen LogP contribution in [0.1, 0.15) is 28.4 Å². The number of piperazine rings is 1. The first-order chi connectivity index (χ1) is 13.7. The molecule has 6 nitrogen and oxygen atoms in total. The second-order valence-electron chi connectivity index (χ2n) is 7.27. The fourth-order valence-corrected chi connectivity index (χ4v) is 5.32. The minimum atomic E-state index is -3.77. The normalized spacial score (nSPS) is 16.0. The number of hydrogen-bond donors (Lipinski definition) is 1. The molecule has 1 N–H and O–H groups in total. The van der Waals surface area contributed by atoms with Crippen molar-refractivity contribution in [2.45, 2.75) is 25.2 Å². The molecule has 0 atom stereocenters. The van der Waals surface area contributed by atoms with Crippen LogP contribution in [-0.4, -0.2) is 56.8 Å². The van der Waals surface area contributed by atoms with Gasteiger partial charge in [-0.3, -0.25) is 4.79 Å². The van der Waals surface area contributed by atoms with Crippen molar-refractivity contribution < 1.29 is 13.2 Å². The van der Waals surface area contributed by atoms with E-state index in [2.05, 4.69) is 10.2 Å². The van der Waals surface area contributed by atoms with Gasteiger partial charge < -0.3 is 10.2 Å². The average Bonchev–Trinajstić information content (AvgIpc) is 2.70. The number of amides is 1. The summed E-state index contributed by atoms with van der Waals surface area (Å²) in [5.41, 5.74) is 3.00. The van der Waals surface area contributed by atoms with Gasteiger partial charge in [-0.2, -0.15) is 4.31 Å². The van der Waals surface area contributed by atoms with E-state index in [4.69, 9.17) is 11.6 Å². The molecule has 8 heteroatoms. The Hall–Kier alpha value is -1.93. The van der Waals surface area contributed by atoms with Crippen LogP contribution < -0.4 is 5.32 Å². The number of halogens is 1. The Morgan fingerprint density at radius 3 is 2.48 bits per heavy atom. The van der Waals surface area contributed by atoms with Crippen LogP contribution in [0.3, 0.4) is 0 Å². The average molecular weight is 436 g/mol. The lowest BCUT2D eigenvalue weighted by atomic mass is 10.1. The van der Waals surface area contributed by atoms with Gasteiger partial charge in [0.2, 0.25) is 10.0 Å². The third-order valence-electron chi connectivity index (χ3n) is 5.25. The minimum absolute atomic E-state index is 0.0307. The quantitative estimate of drug-likeness (QED) is 0.781. The maximum Gasteiger partial charge on any atom is 0.255 e. The van der Waals surface area contributed by atoms with E-state index < -0.39 is 10.0 Å². The highest BCUT2D eigenvalue weighted by Crippen LogP contribution is 2.28. The molecule has 29 heavy (non-hydrogen) atoms. The van der Waals surface area contributed by atoms with E-state index in [1.807, 2.05) is 39.1 Å². The third kappa shape index (κ3) is 4.64. The van der Waals surface area contributed by atoms with Crippen LogP contribution in [0.5, 0.6) is 0 Å². The highest BCUT2D eigenvalue weighted by molar-refractivity contribution is 7.89. The van der Waals surface area contributed by atoms with Gasteiger partial charge in [-0.05, 0) is 49.7 Å². The van der Waals surface area contributed by atoms with E-state index in [0.29, 0.717) is 26.2 Å². The predicted octanol–water partition coefficient (Wildman–Crippen LogP) is 3.40. The van der Waals surface area contributed by atoms with Crippen molar-refractivity contribution in [3.63, 3.8) is 0 Å². The molecule has 1 fully saturated rings. The van der Waals surface area contributed by atoms with Gasteiger partial charge in [0.15, 0.2) is 0 Å². The molecule has 0 radical (unpaired) electrons. The smallest absolute Gasteiger partial charge is 0.255 e. The van der Waals surface area contributed by atoms with Crippen LogP contribution in [0, 0.1) is 6.92 Å². The molecule has 0 unspecified atom stereocenters. The van der Waals surface area contributed by atoms with Crippen LogP contribution in [0.15, 0.2) is 41.3 Å². The van der Waals surface area contributed by atoms with Crippen LogP contribution in [0.2, 0.25) is 5.02 Å². The Balaban J connectivity index is 1.90. The van der Waals surface area contributed by atoms with Gasteiger partial charge in [0.25, 0.3) is 5.91 Å². The Kier molecular flexibility index (Phi) is 6.63. The van der Waals surface area contributed by atoms with Crippen LogP contribution in [-0.2, 0) is 16.4 Å². The van der Waals surface area contributed by atoms with Gasteiger partial charge in [0.05, 0.1) is 5.02 Å². The van der Waals surface area contributed by atoms with E-state index >= 15 is 0 Å². The summed E-state index contributed by atoms with van der Waals surface area (Å²) in [5, 5.41) is 3.05. The molecule has 0 aromatic heterocycles. The number of likely N-dealkylation sites (N-methyl/N-ethyl adjacent to an activating group) is 1. The zero-order valence-corrected chi connectivity index (χ0v) is 18.5. The van der Waals surface area contributed by atoms with Gasteiger partial charge in [0, 0.05) is 37.4 Å². The van der Waals surface area contributed by atoms with Crippen molar-refractivity contribution in [3.8, 4) is 0 Å². The summed E-state index contributed by atoms with van der Waals surface area (Å²) >= 11 is 6.22. The largest absolute Gasteiger partial charge is 0.321 e. The van der Waals surface area contributed by atoms with Crippen LogP contribution in [0.4, 0.5) is 5.69 Å². The van der Waals surface area contributed by atoms with Gasteiger partial charge >= 0.3 is 0 Å². The first-order valence-electron chi connectivity index (χ1n) is 9.62. The fourth-order valence-electron chi connectivity index (χ4n) is 3.40. The third-order valence-corrected chi connectivity index (χ3v) is 7.63. The Morgan fingerprint density at radius 1 is 1.14 bits per heavy atom. The molecule has 0 spiro atoms. The summed E-state index contributed by atoms with van der Waals surface area (Å²) < 4.78 is 27.6. The topological polar surface area (TPSA) is 69.7 Å². The van der Waals surface area contributed by atoms with E-state index in [-0.39, 0.29) is 21.4 Å². The van der Waals surface area contributed by atoms with E-state index in [9.17, 15) is 13.2 Å². The van der Waals surface area contributed by atoms with Gasteiger partial charge in [-0.25, -0.2) is 8.42 Å². The van der Waals surface area contributed by atoms with Crippen LogP contribution in [0.25, 0.3) is 0 Å². The van der Waals surface area contributed by atoms with Crippen molar-refractivity contribution in [1.82, 2.24) is 9.21 Å². The van der Waals surface area contributed by atoms with Crippen molar-refractivity contribution in [3.05, 3.63) is 58.1 Å². The molecule has 1 heterocycles. The monoisotopic (exact) mass is 435 g/mol. The number of benzene rings is 2. The number of nitrogens with one attached hydrogen (secondary N) is 1. The number of sulfonamides is 1. The van der Waals surface area contributed by atoms with E-state index in [1.165, 1.54) is 16.4 Å². The number of carbonyl (C=O) groups is 1. The molecular formula is C21H26ClN3O3S. The number of hydrogen-bond acceptors (Lipinski definition) is 4. The second-order valence-corrected chi connectivity index (χ2v) is 9.58. The number of nitrogens with zero attached hydrogens (tertiary/aromatic N) is 2. The highest BCUT2D eigenvalue weighted by atomic mass is 35.5. The van der Waals surface area contributed by atoms with E-state index in [0.717, 1.165) is 23.2 Å². The molecule has 3 rings (SSSR count).